The zero-order chi connectivity index (χ0) is 18.4. The Morgan fingerprint density at radius 1 is 1.16 bits per heavy atom. The minimum atomic E-state index is -0.482. The molecule has 0 fully saturated rings. The number of halogens is 1. The van der Waals surface area contributed by atoms with E-state index in [4.69, 9.17) is 16.3 Å². The molecule has 0 aliphatic rings. The van der Waals surface area contributed by atoms with E-state index in [0.717, 1.165) is 4.90 Å². The molecule has 0 aliphatic heterocycles. The number of anilines is 1. The van der Waals surface area contributed by atoms with E-state index in [2.05, 4.69) is 19.2 Å². The molecule has 0 aromatic heterocycles. The van der Waals surface area contributed by atoms with Crippen molar-refractivity contribution in [3.05, 3.63) is 58.6 Å². The first kappa shape index (κ1) is 19.3. The second-order valence-corrected chi connectivity index (χ2v) is 7.56. The van der Waals surface area contributed by atoms with E-state index < -0.39 is 5.97 Å². The van der Waals surface area contributed by atoms with Gasteiger partial charge in [0.05, 0.1) is 22.8 Å². The molecule has 1 amide bonds. The van der Waals surface area contributed by atoms with Crippen molar-refractivity contribution in [1.29, 1.82) is 0 Å². The van der Waals surface area contributed by atoms with Crippen molar-refractivity contribution >= 4 is 40.9 Å². The maximum atomic E-state index is 12.6. The molecule has 0 unspecified atom stereocenters. The van der Waals surface area contributed by atoms with Gasteiger partial charge in [0.1, 0.15) is 0 Å². The molecule has 132 valence electrons. The Morgan fingerprint density at radius 2 is 1.88 bits per heavy atom. The van der Waals surface area contributed by atoms with E-state index in [1.54, 1.807) is 43.0 Å². The van der Waals surface area contributed by atoms with Gasteiger partial charge in [-0.05, 0) is 37.3 Å². The van der Waals surface area contributed by atoms with Crippen LogP contribution in [-0.2, 0) is 4.74 Å². The standard InChI is InChI=1S/C19H20ClNO3S/c1-4-24-19(23)14-10-9-13(11-16(14)20)21-18(22)15-7-5-6-8-17(15)25-12(2)3/h5-12H,4H2,1-3H3,(H,21,22). The maximum absolute atomic E-state index is 12.6. The van der Waals surface area contributed by atoms with Crippen molar-refractivity contribution in [2.45, 2.75) is 30.9 Å². The summed E-state index contributed by atoms with van der Waals surface area (Å²) in [6.45, 7) is 6.16. The SMILES string of the molecule is CCOC(=O)c1ccc(NC(=O)c2ccccc2SC(C)C)cc1Cl. The highest BCUT2D eigenvalue weighted by atomic mass is 35.5. The summed E-state index contributed by atoms with van der Waals surface area (Å²) < 4.78 is 4.94. The lowest BCUT2D eigenvalue weighted by Gasteiger charge is -2.12. The van der Waals surface area contributed by atoms with Crippen molar-refractivity contribution in [3.8, 4) is 0 Å². The Balaban J connectivity index is 2.19. The van der Waals surface area contributed by atoms with Crippen molar-refractivity contribution in [2.24, 2.45) is 0 Å². The molecule has 0 atom stereocenters. The van der Waals surface area contributed by atoms with Gasteiger partial charge in [-0.1, -0.05) is 37.6 Å². The first-order valence-corrected chi connectivity index (χ1v) is 9.21. The molecule has 0 bridgehead atoms. The molecule has 0 spiro atoms. The Morgan fingerprint density at radius 3 is 2.52 bits per heavy atom. The Kier molecular flexibility index (Phi) is 6.91. The fraction of sp³-hybridized carbons (Fsp3) is 0.263. The lowest BCUT2D eigenvalue weighted by molar-refractivity contribution is 0.0526. The minimum absolute atomic E-state index is 0.219. The molecule has 1 N–H and O–H groups in total. The number of carbonyl (C=O) groups excluding carboxylic acids is 2. The van der Waals surface area contributed by atoms with Crippen molar-refractivity contribution in [1.82, 2.24) is 0 Å². The summed E-state index contributed by atoms with van der Waals surface area (Å²) >= 11 is 7.76. The fourth-order valence-electron chi connectivity index (χ4n) is 2.18. The van der Waals surface area contributed by atoms with Gasteiger partial charge < -0.3 is 10.1 Å². The third kappa shape index (κ3) is 5.25. The third-order valence-corrected chi connectivity index (χ3v) is 4.61. The van der Waals surface area contributed by atoms with Gasteiger partial charge >= 0.3 is 5.97 Å². The summed E-state index contributed by atoms with van der Waals surface area (Å²) in [7, 11) is 0. The number of hydrogen-bond acceptors (Lipinski definition) is 4. The average molecular weight is 378 g/mol. The summed E-state index contributed by atoms with van der Waals surface area (Å²) in [5, 5.41) is 3.43. The summed E-state index contributed by atoms with van der Waals surface area (Å²) in [5.74, 6) is -0.701. The minimum Gasteiger partial charge on any atom is -0.462 e. The van der Waals surface area contributed by atoms with Crippen LogP contribution in [0.4, 0.5) is 5.69 Å². The summed E-state index contributed by atoms with van der Waals surface area (Å²) in [4.78, 5) is 25.3. The van der Waals surface area contributed by atoms with Crippen molar-refractivity contribution < 1.29 is 14.3 Å². The molecule has 0 aliphatic carbocycles. The van der Waals surface area contributed by atoms with Crippen LogP contribution in [0.25, 0.3) is 0 Å². The number of hydrogen-bond donors (Lipinski definition) is 1. The summed E-state index contributed by atoms with van der Waals surface area (Å²) in [6.07, 6.45) is 0. The first-order chi connectivity index (χ1) is 11.9. The normalized spacial score (nSPS) is 10.6. The highest BCUT2D eigenvalue weighted by molar-refractivity contribution is 8.00. The number of esters is 1. The zero-order valence-corrected chi connectivity index (χ0v) is 15.9. The van der Waals surface area contributed by atoms with Gasteiger partial charge in [-0.2, -0.15) is 0 Å². The quantitative estimate of drug-likeness (QED) is 0.550. The number of amides is 1. The van der Waals surface area contributed by atoms with Gasteiger partial charge in [0, 0.05) is 15.8 Å². The highest BCUT2D eigenvalue weighted by Gasteiger charge is 2.15. The van der Waals surface area contributed by atoms with Crippen LogP contribution in [0.1, 0.15) is 41.5 Å². The number of benzene rings is 2. The van der Waals surface area contributed by atoms with Crippen LogP contribution in [0.3, 0.4) is 0 Å². The van der Waals surface area contributed by atoms with Gasteiger partial charge in [0.2, 0.25) is 0 Å². The lowest BCUT2D eigenvalue weighted by atomic mass is 10.1. The zero-order valence-electron chi connectivity index (χ0n) is 14.3. The summed E-state index contributed by atoms with van der Waals surface area (Å²) in [5.41, 5.74) is 1.40. The molecule has 0 radical (unpaired) electrons. The molecule has 0 saturated heterocycles. The van der Waals surface area contributed by atoms with Crippen LogP contribution in [-0.4, -0.2) is 23.7 Å². The van der Waals surface area contributed by atoms with E-state index in [-0.39, 0.29) is 23.1 Å². The molecule has 0 heterocycles. The van der Waals surface area contributed by atoms with Crippen LogP contribution in [0.15, 0.2) is 47.4 Å². The van der Waals surface area contributed by atoms with Gasteiger partial charge in [0.15, 0.2) is 0 Å². The van der Waals surface area contributed by atoms with Crippen LogP contribution < -0.4 is 5.32 Å². The molecule has 25 heavy (non-hydrogen) atoms. The van der Waals surface area contributed by atoms with E-state index in [1.807, 2.05) is 18.2 Å². The first-order valence-electron chi connectivity index (χ1n) is 7.96. The molecule has 2 aromatic rings. The molecule has 0 saturated carbocycles. The van der Waals surface area contributed by atoms with Crippen LogP contribution >= 0.6 is 23.4 Å². The molecule has 2 aromatic carbocycles. The molecule has 6 heteroatoms. The van der Waals surface area contributed by atoms with E-state index in [0.29, 0.717) is 16.5 Å². The van der Waals surface area contributed by atoms with E-state index >= 15 is 0 Å². The molecule has 2 rings (SSSR count). The molecule has 4 nitrogen and oxygen atoms in total. The fourth-order valence-corrected chi connectivity index (χ4v) is 3.39. The number of carbonyl (C=O) groups is 2. The van der Waals surface area contributed by atoms with Crippen LogP contribution in [0.2, 0.25) is 5.02 Å². The predicted octanol–water partition coefficient (Wildman–Crippen LogP) is 5.27. The van der Waals surface area contributed by atoms with Crippen LogP contribution in [0, 0.1) is 0 Å². The van der Waals surface area contributed by atoms with Gasteiger partial charge in [-0.3, -0.25) is 4.79 Å². The van der Waals surface area contributed by atoms with Crippen LogP contribution in [0.5, 0.6) is 0 Å². The topological polar surface area (TPSA) is 55.4 Å². The van der Waals surface area contributed by atoms with Gasteiger partial charge in [0.25, 0.3) is 5.91 Å². The van der Waals surface area contributed by atoms with Crippen molar-refractivity contribution in [3.63, 3.8) is 0 Å². The molecular formula is C19H20ClNO3S. The Labute approximate surface area is 156 Å². The largest absolute Gasteiger partial charge is 0.462 e. The number of thioether (sulfide) groups is 1. The second kappa shape index (κ2) is 8.92. The van der Waals surface area contributed by atoms with Crippen molar-refractivity contribution in [2.75, 3.05) is 11.9 Å². The highest BCUT2D eigenvalue weighted by Crippen LogP contribution is 2.28. The van der Waals surface area contributed by atoms with E-state index in [9.17, 15) is 9.59 Å². The lowest BCUT2D eigenvalue weighted by Crippen LogP contribution is -2.14. The predicted molar refractivity (Wildman–Crippen MR) is 103 cm³/mol. The van der Waals surface area contributed by atoms with Gasteiger partial charge in [-0.15, -0.1) is 11.8 Å². The second-order valence-electron chi connectivity index (χ2n) is 5.53. The van der Waals surface area contributed by atoms with E-state index in [1.165, 1.54) is 0 Å². The number of rotatable bonds is 6. The summed E-state index contributed by atoms with van der Waals surface area (Å²) in [6, 6.07) is 12.2. The number of ether oxygens (including phenoxy) is 1. The third-order valence-electron chi connectivity index (χ3n) is 3.22. The Bertz CT molecular complexity index is 777. The smallest absolute Gasteiger partial charge is 0.339 e. The Hall–Kier alpha value is -1.98. The maximum Gasteiger partial charge on any atom is 0.339 e. The van der Waals surface area contributed by atoms with Gasteiger partial charge in [-0.25, -0.2) is 4.79 Å². The number of nitrogens with one attached hydrogen (secondary N) is 1. The molecular weight excluding hydrogens is 358 g/mol. The average Bonchev–Trinajstić information content (AvgIpc) is 2.55. The monoisotopic (exact) mass is 377 g/mol.